The van der Waals surface area contributed by atoms with Gasteiger partial charge in [0.1, 0.15) is 6.29 Å². The quantitative estimate of drug-likeness (QED) is 0.600. The van der Waals surface area contributed by atoms with Gasteiger partial charge >= 0.3 is 0 Å². The van der Waals surface area contributed by atoms with Crippen molar-refractivity contribution in [3.05, 3.63) is 29.8 Å². The highest BCUT2D eigenvalue weighted by Crippen LogP contribution is 2.13. The van der Waals surface area contributed by atoms with Gasteiger partial charge in [-0.3, -0.25) is 4.79 Å². The molecule has 1 aromatic rings. The van der Waals surface area contributed by atoms with Gasteiger partial charge in [-0.15, -0.1) is 0 Å². The topological polar surface area (TPSA) is 83.6 Å². The Morgan fingerprint density at radius 1 is 1.26 bits per heavy atom. The Bertz CT molecular complexity index is 550. The molecule has 0 fully saturated rings. The lowest BCUT2D eigenvalue weighted by Gasteiger charge is -2.11. The van der Waals surface area contributed by atoms with Crippen molar-refractivity contribution in [3.8, 4) is 0 Å². The first-order chi connectivity index (χ1) is 8.89. The average molecular weight is 284 g/mol. The highest BCUT2D eigenvalue weighted by atomic mass is 32.2. The van der Waals surface area contributed by atoms with E-state index in [-0.39, 0.29) is 23.8 Å². The van der Waals surface area contributed by atoms with Crippen molar-refractivity contribution in [1.82, 2.24) is 9.62 Å². The number of nitrogens with zero attached hydrogens (tertiary/aromatic N) is 1. The molecular weight excluding hydrogens is 268 g/mol. The normalized spacial score (nSPS) is 11.3. The molecular formula is C12H16N2O4S. The van der Waals surface area contributed by atoms with Gasteiger partial charge < -0.3 is 10.1 Å². The molecule has 0 bridgehead atoms. The van der Waals surface area contributed by atoms with E-state index >= 15 is 0 Å². The lowest BCUT2D eigenvalue weighted by molar-refractivity contribution is -0.107. The monoisotopic (exact) mass is 284 g/mol. The number of carbonyl (C=O) groups excluding carboxylic acids is 2. The first-order valence-electron chi connectivity index (χ1n) is 5.64. The van der Waals surface area contributed by atoms with E-state index in [0.717, 1.165) is 4.31 Å². The molecule has 0 aliphatic rings. The third-order valence-electron chi connectivity index (χ3n) is 2.44. The third-order valence-corrected chi connectivity index (χ3v) is 4.27. The maximum absolute atomic E-state index is 11.8. The van der Waals surface area contributed by atoms with Gasteiger partial charge in [0.2, 0.25) is 10.0 Å². The van der Waals surface area contributed by atoms with Crippen LogP contribution in [0.2, 0.25) is 0 Å². The number of sulfonamides is 1. The zero-order chi connectivity index (χ0) is 14.5. The van der Waals surface area contributed by atoms with E-state index in [4.69, 9.17) is 0 Å². The number of carbonyl (C=O) groups is 2. The zero-order valence-corrected chi connectivity index (χ0v) is 11.6. The number of nitrogens with one attached hydrogen (secondary N) is 1. The summed E-state index contributed by atoms with van der Waals surface area (Å²) in [4.78, 5) is 21.9. The minimum Gasteiger partial charge on any atom is -0.352 e. The van der Waals surface area contributed by atoms with Gasteiger partial charge in [0.15, 0.2) is 0 Å². The smallest absolute Gasteiger partial charge is 0.251 e. The Kier molecular flexibility index (Phi) is 5.20. The molecule has 7 heteroatoms. The summed E-state index contributed by atoms with van der Waals surface area (Å²) < 4.78 is 24.7. The molecule has 1 aromatic carbocycles. The van der Waals surface area contributed by atoms with Crippen LogP contribution in [0.25, 0.3) is 0 Å². The summed E-state index contributed by atoms with van der Waals surface area (Å²) >= 11 is 0. The summed E-state index contributed by atoms with van der Waals surface area (Å²) in [5.41, 5.74) is 0.351. The number of benzene rings is 1. The number of hydrogen-bond donors (Lipinski definition) is 1. The molecule has 0 radical (unpaired) electrons. The summed E-state index contributed by atoms with van der Waals surface area (Å²) in [6.07, 6.45) is 0.964. The molecule has 104 valence electrons. The molecule has 0 heterocycles. The summed E-state index contributed by atoms with van der Waals surface area (Å²) in [6.45, 7) is 0.264. The second kappa shape index (κ2) is 6.44. The van der Waals surface area contributed by atoms with Crippen LogP contribution in [0.3, 0.4) is 0 Å². The van der Waals surface area contributed by atoms with Gasteiger partial charge in [-0.2, -0.15) is 0 Å². The number of aldehydes is 1. The van der Waals surface area contributed by atoms with Crippen molar-refractivity contribution in [2.45, 2.75) is 11.3 Å². The second-order valence-electron chi connectivity index (χ2n) is 4.02. The second-order valence-corrected chi connectivity index (χ2v) is 6.17. The first kappa shape index (κ1) is 15.3. The van der Waals surface area contributed by atoms with Gasteiger partial charge in [-0.25, -0.2) is 12.7 Å². The van der Waals surface area contributed by atoms with Gasteiger partial charge in [0.05, 0.1) is 4.90 Å². The van der Waals surface area contributed by atoms with Crippen molar-refractivity contribution in [1.29, 1.82) is 0 Å². The largest absolute Gasteiger partial charge is 0.352 e. The van der Waals surface area contributed by atoms with Crippen molar-refractivity contribution in [2.24, 2.45) is 0 Å². The molecule has 6 nitrogen and oxygen atoms in total. The molecule has 19 heavy (non-hydrogen) atoms. The standard InChI is InChI=1S/C12H16N2O4S/c1-14(2)19(17,18)11-6-4-10(5-7-11)12(16)13-8-3-9-15/h4-7,9H,3,8H2,1-2H3,(H,13,16). The number of rotatable bonds is 6. The Hall–Kier alpha value is -1.73. The predicted molar refractivity (Wildman–Crippen MR) is 70.3 cm³/mol. The lowest BCUT2D eigenvalue weighted by atomic mass is 10.2. The molecule has 1 N–H and O–H groups in total. The van der Waals surface area contributed by atoms with Crippen LogP contribution in [0.1, 0.15) is 16.8 Å². The van der Waals surface area contributed by atoms with E-state index in [0.29, 0.717) is 11.8 Å². The maximum Gasteiger partial charge on any atom is 0.251 e. The Morgan fingerprint density at radius 2 is 1.84 bits per heavy atom. The van der Waals surface area contributed by atoms with E-state index in [2.05, 4.69) is 5.32 Å². The van der Waals surface area contributed by atoms with Gasteiger partial charge in [-0.05, 0) is 24.3 Å². The van der Waals surface area contributed by atoms with E-state index < -0.39 is 10.0 Å². The summed E-state index contributed by atoms with van der Waals surface area (Å²) in [5, 5.41) is 2.55. The molecule has 0 aliphatic heterocycles. The fourth-order valence-corrected chi connectivity index (χ4v) is 2.24. The van der Waals surface area contributed by atoms with Crippen LogP contribution >= 0.6 is 0 Å². The van der Waals surface area contributed by atoms with E-state index in [9.17, 15) is 18.0 Å². The molecule has 0 atom stereocenters. The molecule has 0 spiro atoms. The number of hydrogen-bond acceptors (Lipinski definition) is 4. The minimum absolute atomic E-state index is 0.127. The molecule has 0 saturated heterocycles. The molecule has 1 rings (SSSR count). The van der Waals surface area contributed by atoms with Crippen LogP contribution < -0.4 is 5.32 Å². The van der Waals surface area contributed by atoms with Crippen LogP contribution in [0.5, 0.6) is 0 Å². The van der Waals surface area contributed by atoms with Crippen LogP contribution in [-0.2, 0) is 14.8 Å². The summed E-state index contributed by atoms with van der Waals surface area (Å²) in [7, 11) is -0.605. The van der Waals surface area contributed by atoms with Crippen molar-refractivity contribution in [2.75, 3.05) is 20.6 Å². The molecule has 1 amide bonds. The van der Waals surface area contributed by atoms with E-state index in [1.165, 1.54) is 38.4 Å². The molecule has 0 unspecified atom stereocenters. The van der Waals surface area contributed by atoms with Crippen LogP contribution in [-0.4, -0.2) is 45.6 Å². The highest BCUT2D eigenvalue weighted by molar-refractivity contribution is 7.89. The predicted octanol–water partition coefficient (Wildman–Crippen LogP) is 0.256. The van der Waals surface area contributed by atoms with Gasteiger partial charge in [0.25, 0.3) is 5.91 Å². The van der Waals surface area contributed by atoms with E-state index in [1.54, 1.807) is 0 Å². The molecule has 0 aromatic heterocycles. The van der Waals surface area contributed by atoms with Crippen molar-refractivity contribution < 1.29 is 18.0 Å². The van der Waals surface area contributed by atoms with Crippen LogP contribution in [0.4, 0.5) is 0 Å². The van der Waals surface area contributed by atoms with Gasteiger partial charge in [-0.1, -0.05) is 0 Å². The Labute approximate surface area is 112 Å². The molecule has 0 aliphatic carbocycles. The summed E-state index contributed by atoms with van der Waals surface area (Å²) in [6, 6.07) is 5.63. The fraction of sp³-hybridized carbons (Fsp3) is 0.333. The van der Waals surface area contributed by atoms with Crippen molar-refractivity contribution >= 4 is 22.2 Å². The fourth-order valence-electron chi connectivity index (χ4n) is 1.34. The van der Waals surface area contributed by atoms with Crippen molar-refractivity contribution in [3.63, 3.8) is 0 Å². The lowest BCUT2D eigenvalue weighted by Crippen LogP contribution is -2.25. The zero-order valence-electron chi connectivity index (χ0n) is 10.8. The van der Waals surface area contributed by atoms with Crippen LogP contribution in [0, 0.1) is 0 Å². The molecule has 0 saturated carbocycles. The van der Waals surface area contributed by atoms with Crippen LogP contribution in [0.15, 0.2) is 29.2 Å². The summed E-state index contributed by atoms with van der Waals surface area (Å²) in [5.74, 6) is -0.337. The first-order valence-corrected chi connectivity index (χ1v) is 7.08. The maximum atomic E-state index is 11.8. The Morgan fingerprint density at radius 3 is 2.32 bits per heavy atom. The highest BCUT2D eigenvalue weighted by Gasteiger charge is 2.17. The number of amides is 1. The van der Waals surface area contributed by atoms with Gasteiger partial charge in [0, 0.05) is 32.6 Å². The minimum atomic E-state index is -3.48. The third kappa shape index (κ3) is 3.87. The Balaban J connectivity index is 2.82. The van der Waals surface area contributed by atoms with E-state index in [1.807, 2.05) is 0 Å². The average Bonchev–Trinajstić information content (AvgIpc) is 2.39. The SMILES string of the molecule is CN(C)S(=O)(=O)c1ccc(C(=O)NCCC=O)cc1.